The van der Waals surface area contributed by atoms with E-state index in [1.54, 1.807) is 32.0 Å². The van der Waals surface area contributed by atoms with Gasteiger partial charge in [0.1, 0.15) is 0 Å². The average molecular weight is 376 g/mol. The first-order chi connectivity index (χ1) is 12.4. The van der Waals surface area contributed by atoms with Gasteiger partial charge in [-0.05, 0) is 50.8 Å². The Kier molecular flexibility index (Phi) is 7.36. The van der Waals surface area contributed by atoms with E-state index in [0.717, 1.165) is 12.0 Å². The molecule has 0 spiro atoms. The van der Waals surface area contributed by atoms with Crippen molar-refractivity contribution < 1.29 is 22.1 Å². The Morgan fingerprint density at radius 1 is 0.962 bits per heavy atom. The van der Waals surface area contributed by atoms with Gasteiger partial charge in [-0.25, -0.2) is 4.79 Å². The summed E-state index contributed by atoms with van der Waals surface area (Å²) in [6.07, 6.45) is 0.0770. The molecular formula is C20H24O5S. The quantitative estimate of drug-likeness (QED) is 0.493. The summed E-state index contributed by atoms with van der Waals surface area (Å²) in [6, 6.07) is 17.6. The number of aryl methyl sites for hydroxylation is 1. The van der Waals surface area contributed by atoms with Gasteiger partial charge in [0.25, 0.3) is 10.1 Å². The molecule has 0 aromatic heterocycles. The fourth-order valence-corrected chi connectivity index (χ4v) is 3.53. The molecule has 0 unspecified atom stereocenters. The third-order valence-electron chi connectivity index (χ3n) is 3.66. The Bertz CT molecular complexity index is 785. The predicted octanol–water partition coefficient (Wildman–Crippen LogP) is 3.74. The van der Waals surface area contributed by atoms with Gasteiger partial charge in [-0.1, -0.05) is 48.5 Å². The lowest BCUT2D eigenvalue weighted by atomic mass is 10.1. The highest BCUT2D eigenvalue weighted by Gasteiger charge is 2.29. The van der Waals surface area contributed by atoms with Crippen molar-refractivity contribution >= 4 is 16.1 Å². The minimum atomic E-state index is -4.04. The summed E-state index contributed by atoms with van der Waals surface area (Å²) in [6.45, 7) is 3.43. The first kappa shape index (κ1) is 20.1. The summed E-state index contributed by atoms with van der Waals surface area (Å²) in [4.78, 5) is 12.3. The number of hydrogen-bond acceptors (Lipinski definition) is 5. The predicted molar refractivity (Wildman–Crippen MR) is 99.1 cm³/mol. The highest BCUT2D eigenvalue weighted by atomic mass is 32.2. The van der Waals surface area contributed by atoms with Gasteiger partial charge < -0.3 is 4.74 Å². The Hall–Kier alpha value is -2.18. The van der Waals surface area contributed by atoms with Crippen LogP contribution in [0.2, 0.25) is 0 Å². The molecule has 2 aromatic rings. The van der Waals surface area contributed by atoms with Crippen LogP contribution in [0.4, 0.5) is 0 Å². The molecule has 0 radical (unpaired) electrons. The van der Waals surface area contributed by atoms with Crippen LogP contribution < -0.4 is 0 Å². The van der Waals surface area contributed by atoms with Gasteiger partial charge in [0.2, 0.25) is 0 Å². The highest BCUT2D eigenvalue weighted by Crippen LogP contribution is 2.18. The standard InChI is InChI=1S/C20H24O5S/c1-16(2)24-20(21)19(15-9-12-17-10-5-3-6-11-17)25-26(22,23)18-13-7-4-8-14-18/h3-8,10-11,13-14,16,19H,9,12,15H2,1-2H3/t19-/m1/s1. The van der Waals surface area contributed by atoms with E-state index in [4.69, 9.17) is 8.92 Å². The number of rotatable bonds is 9. The molecule has 0 saturated carbocycles. The lowest BCUT2D eigenvalue weighted by molar-refractivity contribution is -0.156. The Morgan fingerprint density at radius 2 is 1.54 bits per heavy atom. The van der Waals surface area contributed by atoms with Crippen LogP contribution in [0.15, 0.2) is 65.6 Å². The molecule has 0 aliphatic carbocycles. The van der Waals surface area contributed by atoms with Gasteiger partial charge in [-0.15, -0.1) is 0 Å². The fourth-order valence-electron chi connectivity index (χ4n) is 2.45. The number of ether oxygens (including phenoxy) is 1. The van der Waals surface area contributed by atoms with Gasteiger partial charge in [0, 0.05) is 0 Å². The van der Waals surface area contributed by atoms with Crippen molar-refractivity contribution in [2.75, 3.05) is 0 Å². The summed E-state index contributed by atoms with van der Waals surface area (Å²) in [5.41, 5.74) is 1.12. The molecule has 26 heavy (non-hydrogen) atoms. The molecule has 0 aliphatic rings. The van der Waals surface area contributed by atoms with Crippen LogP contribution in [0.25, 0.3) is 0 Å². The maximum Gasteiger partial charge on any atom is 0.337 e. The van der Waals surface area contributed by atoms with Crippen LogP contribution in [0.3, 0.4) is 0 Å². The van der Waals surface area contributed by atoms with Crippen molar-refractivity contribution in [1.82, 2.24) is 0 Å². The second-order valence-corrected chi connectivity index (χ2v) is 7.79. The molecule has 0 saturated heterocycles. The molecule has 2 aromatic carbocycles. The van der Waals surface area contributed by atoms with Crippen LogP contribution in [0.1, 0.15) is 32.3 Å². The summed E-state index contributed by atoms with van der Waals surface area (Å²) in [5, 5.41) is 0. The number of carbonyl (C=O) groups is 1. The summed E-state index contributed by atoms with van der Waals surface area (Å²) in [5.74, 6) is -0.660. The van der Waals surface area contributed by atoms with Crippen molar-refractivity contribution in [3.63, 3.8) is 0 Å². The first-order valence-electron chi connectivity index (χ1n) is 8.61. The van der Waals surface area contributed by atoms with Crippen molar-refractivity contribution in [3.05, 3.63) is 66.2 Å². The normalized spacial score (nSPS) is 12.7. The Labute approximate surface area is 155 Å². The van der Waals surface area contributed by atoms with E-state index in [1.165, 1.54) is 12.1 Å². The van der Waals surface area contributed by atoms with Crippen molar-refractivity contribution in [1.29, 1.82) is 0 Å². The molecule has 6 heteroatoms. The second kappa shape index (κ2) is 9.50. The number of esters is 1. The van der Waals surface area contributed by atoms with Crippen LogP contribution in [-0.2, 0) is 30.3 Å². The van der Waals surface area contributed by atoms with Gasteiger partial charge in [0.15, 0.2) is 6.10 Å². The molecule has 0 aliphatic heterocycles. The van der Waals surface area contributed by atoms with Gasteiger partial charge in [-0.2, -0.15) is 8.42 Å². The van der Waals surface area contributed by atoms with E-state index >= 15 is 0 Å². The zero-order chi connectivity index (χ0) is 19.0. The molecule has 1 atom stereocenters. The fraction of sp³-hybridized carbons (Fsp3) is 0.350. The van der Waals surface area contributed by atoms with E-state index in [2.05, 4.69) is 0 Å². The van der Waals surface area contributed by atoms with E-state index in [-0.39, 0.29) is 17.4 Å². The van der Waals surface area contributed by atoms with E-state index in [1.807, 2.05) is 30.3 Å². The molecule has 2 rings (SSSR count). The van der Waals surface area contributed by atoms with E-state index < -0.39 is 22.2 Å². The van der Waals surface area contributed by atoms with Gasteiger partial charge in [0.05, 0.1) is 11.0 Å². The van der Waals surface area contributed by atoms with Gasteiger partial charge >= 0.3 is 5.97 Å². The lowest BCUT2D eigenvalue weighted by Crippen LogP contribution is -2.31. The average Bonchev–Trinajstić information content (AvgIpc) is 2.62. The maximum absolute atomic E-state index is 12.4. The van der Waals surface area contributed by atoms with Crippen LogP contribution in [0.5, 0.6) is 0 Å². The Balaban J connectivity index is 2.06. The maximum atomic E-state index is 12.4. The molecule has 140 valence electrons. The number of benzene rings is 2. The van der Waals surface area contributed by atoms with E-state index in [9.17, 15) is 13.2 Å². The Morgan fingerprint density at radius 3 is 2.12 bits per heavy atom. The summed E-state index contributed by atoms with van der Waals surface area (Å²) < 4.78 is 35.3. The highest BCUT2D eigenvalue weighted by molar-refractivity contribution is 7.86. The SMILES string of the molecule is CC(C)OC(=O)[C@@H](CCCc1ccccc1)OS(=O)(=O)c1ccccc1. The summed E-state index contributed by atoms with van der Waals surface area (Å²) >= 11 is 0. The monoisotopic (exact) mass is 376 g/mol. The molecule has 0 N–H and O–H groups in total. The summed E-state index contributed by atoms with van der Waals surface area (Å²) in [7, 11) is -4.04. The van der Waals surface area contributed by atoms with Crippen molar-refractivity contribution in [2.24, 2.45) is 0 Å². The molecule has 0 heterocycles. The third-order valence-corrected chi connectivity index (χ3v) is 5.00. The molecular weight excluding hydrogens is 352 g/mol. The smallest absolute Gasteiger partial charge is 0.337 e. The largest absolute Gasteiger partial charge is 0.461 e. The van der Waals surface area contributed by atoms with E-state index in [0.29, 0.717) is 6.42 Å². The van der Waals surface area contributed by atoms with Crippen LogP contribution in [-0.4, -0.2) is 26.6 Å². The minimum Gasteiger partial charge on any atom is -0.461 e. The van der Waals surface area contributed by atoms with Crippen LogP contribution in [0, 0.1) is 0 Å². The lowest BCUT2D eigenvalue weighted by Gasteiger charge is -2.18. The van der Waals surface area contributed by atoms with Gasteiger partial charge in [-0.3, -0.25) is 4.18 Å². The first-order valence-corrected chi connectivity index (χ1v) is 10.0. The van der Waals surface area contributed by atoms with Crippen LogP contribution >= 0.6 is 0 Å². The molecule has 0 amide bonds. The zero-order valence-corrected chi connectivity index (χ0v) is 15.8. The molecule has 5 nitrogen and oxygen atoms in total. The second-order valence-electron chi connectivity index (χ2n) is 6.22. The number of carbonyl (C=O) groups excluding carboxylic acids is 1. The topological polar surface area (TPSA) is 69.7 Å². The third kappa shape index (κ3) is 6.28. The van der Waals surface area contributed by atoms with Crippen molar-refractivity contribution in [3.8, 4) is 0 Å². The zero-order valence-electron chi connectivity index (χ0n) is 15.0. The molecule has 0 fully saturated rings. The minimum absolute atomic E-state index is 0.0189. The molecule has 0 bridgehead atoms. The number of hydrogen-bond donors (Lipinski definition) is 0. The van der Waals surface area contributed by atoms with Crippen molar-refractivity contribution in [2.45, 2.75) is 50.2 Å².